The highest BCUT2D eigenvalue weighted by molar-refractivity contribution is 5.86. The highest BCUT2D eigenvalue weighted by Crippen LogP contribution is 1.88. The molecule has 0 aromatic heterocycles. The molecule has 1 atom stereocenters. The number of ketones is 1. The minimum absolute atomic E-state index is 0.0403. The summed E-state index contributed by atoms with van der Waals surface area (Å²) in [6.07, 6.45) is 0. The van der Waals surface area contributed by atoms with Gasteiger partial charge in [0.15, 0.2) is 0 Å². The quantitative estimate of drug-likeness (QED) is 0.595. The number of nitrogens with zero attached hydrogens (tertiary/aromatic N) is 1. The van der Waals surface area contributed by atoms with E-state index in [1.54, 1.807) is 14.0 Å². The van der Waals surface area contributed by atoms with E-state index in [-0.39, 0.29) is 18.2 Å². The molecule has 64 valence electrons. The Morgan fingerprint density at radius 1 is 1.55 bits per heavy atom. The van der Waals surface area contributed by atoms with Crippen LogP contribution >= 0.6 is 0 Å². The minimum Gasteiger partial charge on any atom is -0.337 e. The standard InChI is InChI=1S/C7H14N2O2/c1-5(10)4-9(3)7(11)6(2)8/h6H,4,8H2,1-3H3. The number of nitrogens with two attached hydrogens (primary N) is 1. The molecule has 0 heterocycles. The molecule has 0 rings (SSSR count). The molecule has 4 heteroatoms. The molecule has 0 fully saturated rings. The first-order valence-corrected chi connectivity index (χ1v) is 3.45. The second-order valence-corrected chi connectivity index (χ2v) is 2.68. The second-order valence-electron chi connectivity index (χ2n) is 2.68. The summed E-state index contributed by atoms with van der Waals surface area (Å²) < 4.78 is 0. The van der Waals surface area contributed by atoms with Crippen molar-refractivity contribution in [2.24, 2.45) is 5.73 Å². The molecule has 0 radical (unpaired) electrons. The van der Waals surface area contributed by atoms with Crippen LogP contribution in [-0.4, -0.2) is 36.2 Å². The largest absolute Gasteiger partial charge is 0.337 e. The molecular weight excluding hydrogens is 144 g/mol. The predicted molar refractivity (Wildman–Crippen MR) is 42.0 cm³/mol. The molecule has 1 amide bonds. The lowest BCUT2D eigenvalue weighted by Gasteiger charge is -2.17. The van der Waals surface area contributed by atoms with E-state index in [9.17, 15) is 9.59 Å². The average molecular weight is 158 g/mol. The van der Waals surface area contributed by atoms with E-state index in [4.69, 9.17) is 5.73 Å². The van der Waals surface area contributed by atoms with Crippen molar-refractivity contribution < 1.29 is 9.59 Å². The van der Waals surface area contributed by atoms with Crippen LogP contribution in [0.4, 0.5) is 0 Å². The molecular formula is C7H14N2O2. The normalized spacial score (nSPS) is 12.4. The molecule has 0 saturated carbocycles. The maximum Gasteiger partial charge on any atom is 0.239 e. The lowest BCUT2D eigenvalue weighted by atomic mass is 10.3. The number of amides is 1. The number of Topliss-reactive ketones (excluding diaryl/α,β-unsaturated/α-hetero) is 1. The van der Waals surface area contributed by atoms with Crippen LogP contribution in [0.15, 0.2) is 0 Å². The fraction of sp³-hybridized carbons (Fsp3) is 0.714. The maximum absolute atomic E-state index is 11.0. The van der Waals surface area contributed by atoms with E-state index in [0.717, 1.165) is 0 Å². The monoisotopic (exact) mass is 158 g/mol. The van der Waals surface area contributed by atoms with Gasteiger partial charge in [-0.15, -0.1) is 0 Å². The van der Waals surface area contributed by atoms with E-state index in [1.807, 2.05) is 0 Å². The van der Waals surface area contributed by atoms with Crippen LogP contribution in [0.25, 0.3) is 0 Å². The van der Waals surface area contributed by atoms with Gasteiger partial charge in [0.25, 0.3) is 0 Å². The fourth-order valence-electron chi connectivity index (χ4n) is 0.760. The van der Waals surface area contributed by atoms with E-state index >= 15 is 0 Å². The van der Waals surface area contributed by atoms with Crippen molar-refractivity contribution in [3.8, 4) is 0 Å². The zero-order valence-corrected chi connectivity index (χ0v) is 7.13. The first-order valence-electron chi connectivity index (χ1n) is 3.45. The molecule has 0 bridgehead atoms. The lowest BCUT2D eigenvalue weighted by molar-refractivity contribution is -0.134. The minimum atomic E-state index is -0.528. The Kier molecular flexibility index (Phi) is 3.74. The summed E-state index contributed by atoms with van der Waals surface area (Å²) in [6, 6.07) is -0.528. The third kappa shape index (κ3) is 3.72. The maximum atomic E-state index is 11.0. The van der Waals surface area contributed by atoms with Gasteiger partial charge in [0.1, 0.15) is 5.78 Å². The van der Waals surface area contributed by atoms with E-state index in [1.165, 1.54) is 11.8 Å². The van der Waals surface area contributed by atoms with E-state index in [2.05, 4.69) is 0 Å². The molecule has 0 spiro atoms. The van der Waals surface area contributed by atoms with Gasteiger partial charge < -0.3 is 10.6 Å². The summed E-state index contributed by atoms with van der Waals surface area (Å²) in [5.41, 5.74) is 5.31. The lowest BCUT2D eigenvalue weighted by Crippen LogP contribution is -2.41. The van der Waals surface area contributed by atoms with Crippen molar-refractivity contribution in [2.75, 3.05) is 13.6 Å². The zero-order chi connectivity index (χ0) is 9.02. The Morgan fingerprint density at radius 2 is 2.00 bits per heavy atom. The number of rotatable bonds is 3. The molecule has 0 aliphatic rings. The molecule has 0 aromatic carbocycles. The molecule has 0 aliphatic carbocycles. The third-order valence-electron chi connectivity index (χ3n) is 1.23. The Hall–Kier alpha value is -0.900. The summed E-state index contributed by atoms with van der Waals surface area (Å²) >= 11 is 0. The van der Waals surface area contributed by atoms with Crippen LogP contribution in [-0.2, 0) is 9.59 Å². The predicted octanol–water partition coefficient (Wildman–Crippen LogP) is -0.619. The van der Waals surface area contributed by atoms with E-state index in [0.29, 0.717) is 0 Å². The second kappa shape index (κ2) is 4.08. The van der Waals surface area contributed by atoms with Gasteiger partial charge >= 0.3 is 0 Å². The molecule has 1 unspecified atom stereocenters. The summed E-state index contributed by atoms with van der Waals surface area (Å²) in [7, 11) is 1.56. The Bertz CT molecular complexity index is 166. The number of carbonyl (C=O) groups excluding carboxylic acids is 2. The van der Waals surface area contributed by atoms with E-state index < -0.39 is 6.04 Å². The van der Waals surface area contributed by atoms with Crippen LogP contribution in [0.3, 0.4) is 0 Å². The molecule has 4 nitrogen and oxygen atoms in total. The van der Waals surface area contributed by atoms with Gasteiger partial charge in [0.05, 0.1) is 12.6 Å². The highest BCUT2D eigenvalue weighted by Gasteiger charge is 2.13. The number of carbonyl (C=O) groups is 2. The van der Waals surface area contributed by atoms with Gasteiger partial charge in [-0.3, -0.25) is 9.59 Å². The molecule has 11 heavy (non-hydrogen) atoms. The topological polar surface area (TPSA) is 63.4 Å². The van der Waals surface area contributed by atoms with Crippen LogP contribution in [0, 0.1) is 0 Å². The van der Waals surface area contributed by atoms with Crippen molar-refractivity contribution >= 4 is 11.7 Å². The van der Waals surface area contributed by atoms with Crippen molar-refractivity contribution in [2.45, 2.75) is 19.9 Å². The number of likely N-dealkylation sites (N-methyl/N-ethyl adjacent to an activating group) is 1. The van der Waals surface area contributed by atoms with Gasteiger partial charge in [-0.25, -0.2) is 0 Å². The summed E-state index contributed by atoms with van der Waals surface area (Å²) in [6.45, 7) is 3.17. The van der Waals surface area contributed by atoms with Crippen LogP contribution in [0.2, 0.25) is 0 Å². The first kappa shape index (κ1) is 10.1. The van der Waals surface area contributed by atoms with Gasteiger partial charge in [-0.2, -0.15) is 0 Å². The van der Waals surface area contributed by atoms with Crippen molar-refractivity contribution in [3.05, 3.63) is 0 Å². The Balaban J connectivity index is 3.93. The van der Waals surface area contributed by atoms with Crippen molar-refractivity contribution in [3.63, 3.8) is 0 Å². The molecule has 0 aromatic rings. The van der Waals surface area contributed by atoms with Crippen LogP contribution in [0.5, 0.6) is 0 Å². The highest BCUT2D eigenvalue weighted by atomic mass is 16.2. The van der Waals surface area contributed by atoms with Gasteiger partial charge in [-0.05, 0) is 13.8 Å². The Labute approximate surface area is 66.4 Å². The number of hydrogen-bond acceptors (Lipinski definition) is 3. The van der Waals surface area contributed by atoms with Crippen molar-refractivity contribution in [1.29, 1.82) is 0 Å². The fourth-order valence-corrected chi connectivity index (χ4v) is 0.760. The van der Waals surface area contributed by atoms with Gasteiger partial charge in [0.2, 0.25) is 5.91 Å². The smallest absolute Gasteiger partial charge is 0.239 e. The molecule has 0 saturated heterocycles. The van der Waals surface area contributed by atoms with Gasteiger partial charge in [-0.1, -0.05) is 0 Å². The molecule has 2 N–H and O–H groups in total. The third-order valence-corrected chi connectivity index (χ3v) is 1.23. The number of hydrogen-bond donors (Lipinski definition) is 1. The average Bonchev–Trinajstić information content (AvgIpc) is 1.84. The zero-order valence-electron chi connectivity index (χ0n) is 7.13. The van der Waals surface area contributed by atoms with Crippen LogP contribution < -0.4 is 5.73 Å². The van der Waals surface area contributed by atoms with Gasteiger partial charge in [0, 0.05) is 7.05 Å². The van der Waals surface area contributed by atoms with Crippen LogP contribution in [0.1, 0.15) is 13.8 Å². The van der Waals surface area contributed by atoms with Crippen molar-refractivity contribution in [1.82, 2.24) is 4.90 Å². The molecule has 0 aliphatic heterocycles. The summed E-state index contributed by atoms with van der Waals surface area (Å²) in [5, 5.41) is 0. The summed E-state index contributed by atoms with van der Waals surface area (Å²) in [5.74, 6) is -0.248. The first-order chi connectivity index (χ1) is 4.95. The Morgan fingerprint density at radius 3 is 2.27 bits per heavy atom. The summed E-state index contributed by atoms with van der Waals surface area (Å²) in [4.78, 5) is 22.9. The SMILES string of the molecule is CC(=O)CN(C)C(=O)C(C)N.